The maximum Gasteiger partial charge on any atom is 0.416 e. The molecule has 0 unspecified atom stereocenters. The molecule has 1 aromatic carbocycles. The molecule has 0 atom stereocenters. The van der Waals surface area contributed by atoms with Crippen LogP contribution in [0.15, 0.2) is 36.7 Å². The van der Waals surface area contributed by atoms with Crippen LogP contribution < -0.4 is 11.1 Å². The molecule has 3 N–H and O–H groups in total. The van der Waals surface area contributed by atoms with Crippen molar-refractivity contribution in [2.45, 2.75) is 6.18 Å². The van der Waals surface area contributed by atoms with Crippen molar-refractivity contribution in [2.24, 2.45) is 5.73 Å². The Morgan fingerprint density at radius 1 is 1.19 bits per heavy atom. The molecule has 0 aliphatic carbocycles. The van der Waals surface area contributed by atoms with Crippen molar-refractivity contribution in [3.05, 3.63) is 53.6 Å². The van der Waals surface area contributed by atoms with Gasteiger partial charge in [-0.2, -0.15) is 13.2 Å². The highest BCUT2D eigenvalue weighted by Crippen LogP contribution is 2.33. The minimum atomic E-state index is -4.56. The summed E-state index contributed by atoms with van der Waals surface area (Å²) in [5, 5.41) is 2.53. The standard InChI is InChI=1S/C13H9F4N3S/c14-9-2-1-7(13(15,16)17)5-10(9)20-11-6-19-4-3-8(11)12(18)21/h1-6,20H,(H2,18,21). The van der Waals surface area contributed by atoms with E-state index < -0.39 is 17.6 Å². The van der Waals surface area contributed by atoms with Gasteiger partial charge >= 0.3 is 6.18 Å². The average molecular weight is 315 g/mol. The first-order valence-electron chi connectivity index (χ1n) is 5.66. The minimum Gasteiger partial charge on any atom is -0.389 e. The number of pyridine rings is 1. The lowest BCUT2D eigenvalue weighted by molar-refractivity contribution is -0.137. The predicted octanol–water partition coefficient (Wildman–Crippen LogP) is 3.62. The van der Waals surface area contributed by atoms with Gasteiger partial charge in [-0.05, 0) is 24.3 Å². The van der Waals surface area contributed by atoms with Crippen LogP contribution in [0.1, 0.15) is 11.1 Å². The van der Waals surface area contributed by atoms with E-state index in [1.807, 2.05) is 0 Å². The first-order chi connectivity index (χ1) is 9.79. The van der Waals surface area contributed by atoms with Gasteiger partial charge in [-0.1, -0.05) is 12.2 Å². The Bertz CT molecular complexity index is 685. The number of anilines is 2. The lowest BCUT2D eigenvalue weighted by Crippen LogP contribution is -2.13. The van der Waals surface area contributed by atoms with Crippen molar-refractivity contribution in [3.63, 3.8) is 0 Å². The second-order valence-electron chi connectivity index (χ2n) is 4.10. The van der Waals surface area contributed by atoms with Gasteiger partial charge in [0, 0.05) is 11.8 Å². The van der Waals surface area contributed by atoms with Crippen LogP contribution >= 0.6 is 12.2 Å². The number of nitrogens with two attached hydrogens (primary N) is 1. The van der Waals surface area contributed by atoms with Crippen LogP contribution in [-0.2, 0) is 6.18 Å². The van der Waals surface area contributed by atoms with Gasteiger partial charge in [-0.25, -0.2) is 4.39 Å². The van der Waals surface area contributed by atoms with Gasteiger partial charge in [0.25, 0.3) is 0 Å². The molecule has 0 aliphatic heterocycles. The van der Waals surface area contributed by atoms with Crippen LogP contribution in [0.2, 0.25) is 0 Å². The fraction of sp³-hybridized carbons (Fsp3) is 0.0769. The lowest BCUT2D eigenvalue weighted by Gasteiger charge is -2.13. The summed E-state index contributed by atoms with van der Waals surface area (Å²) in [4.78, 5) is 3.82. The van der Waals surface area contributed by atoms with Gasteiger partial charge in [-0.3, -0.25) is 4.98 Å². The van der Waals surface area contributed by atoms with Crippen molar-refractivity contribution < 1.29 is 17.6 Å². The molecule has 3 nitrogen and oxygen atoms in total. The Hall–Kier alpha value is -2.22. The van der Waals surface area contributed by atoms with Crippen LogP contribution in [0.3, 0.4) is 0 Å². The van der Waals surface area contributed by atoms with Gasteiger partial charge in [0.15, 0.2) is 0 Å². The van der Waals surface area contributed by atoms with Gasteiger partial charge in [0.1, 0.15) is 10.8 Å². The molecule has 1 aromatic heterocycles. The maximum absolute atomic E-state index is 13.7. The fourth-order valence-electron chi connectivity index (χ4n) is 1.65. The number of alkyl halides is 3. The fourth-order valence-corrected chi connectivity index (χ4v) is 1.83. The smallest absolute Gasteiger partial charge is 0.389 e. The Morgan fingerprint density at radius 3 is 2.52 bits per heavy atom. The molecule has 0 fully saturated rings. The second kappa shape index (κ2) is 5.65. The molecule has 2 aromatic rings. The van der Waals surface area contributed by atoms with E-state index >= 15 is 0 Å². The SMILES string of the molecule is NC(=S)c1ccncc1Nc1cc(C(F)(F)F)ccc1F. The number of halogens is 4. The van der Waals surface area contributed by atoms with Gasteiger partial charge < -0.3 is 11.1 Å². The summed E-state index contributed by atoms with van der Waals surface area (Å²) in [5.74, 6) is -0.833. The van der Waals surface area contributed by atoms with Gasteiger partial charge in [0.05, 0.1) is 23.1 Å². The zero-order chi connectivity index (χ0) is 15.6. The minimum absolute atomic E-state index is 0.0206. The van der Waals surface area contributed by atoms with Crippen molar-refractivity contribution in [1.29, 1.82) is 0 Å². The number of rotatable bonds is 3. The van der Waals surface area contributed by atoms with E-state index in [-0.39, 0.29) is 16.4 Å². The molecule has 1 heterocycles. The third-order valence-corrected chi connectivity index (χ3v) is 2.87. The number of nitrogens with zero attached hydrogens (tertiary/aromatic N) is 1. The van der Waals surface area contributed by atoms with E-state index in [9.17, 15) is 17.6 Å². The number of aromatic nitrogens is 1. The predicted molar refractivity (Wildman–Crippen MR) is 74.8 cm³/mol. The van der Waals surface area contributed by atoms with E-state index in [0.717, 1.165) is 6.07 Å². The summed E-state index contributed by atoms with van der Waals surface area (Å²) < 4.78 is 51.6. The number of hydrogen-bond donors (Lipinski definition) is 2. The molecule has 8 heteroatoms. The van der Waals surface area contributed by atoms with Crippen LogP contribution in [0.25, 0.3) is 0 Å². The molecule has 0 saturated heterocycles. The quantitative estimate of drug-likeness (QED) is 0.671. The molecule has 0 saturated carbocycles. The van der Waals surface area contributed by atoms with E-state index in [2.05, 4.69) is 10.3 Å². The largest absolute Gasteiger partial charge is 0.416 e. The van der Waals surface area contributed by atoms with Crippen LogP contribution in [0, 0.1) is 5.82 Å². The van der Waals surface area contributed by atoms with Gasteiger partial charge in [0.2, 0.25) is 0 Å². The molecule has 0 aliphatic rings. The van der Waals surface area contributed by atoms with Gasteiger partial charge in [-0.15, -0.1) is 0 Å². The number of thiocarbonyl (C=S) groups is 1. The topological polar surface area (TPSA) is 50.9 Å². The molecule has 0 amide bonds. The highest BCUT2D eigenvalue weighted by Gasteiger charge is 2.31. The summed E-state index contributed by atoms with van der Waals surface area (Å²) in [7, 11) is 0. The Labute approximate surface area is 122 Å². The summed E-state index contributed by atoms with van der Waals surface area (Å²) in [6.07, 6.45) is -1.85. The Kier molecular flexibility index (Phi) is 4.08. The van der Waals surface area contributed by atoms with Crippen molar-refractivity contribution in [2.75, 3.05) is 5.32 Å². The van der Waals surface area contributed by atoms with E-state index in [0.29, 0.717) is 17.7 Å². The molecule has 0 spiro atoms. The summed E-state index contributed by atoms with van der Waals surface area (Å²) in [6.45, 7) is 0. The zero-order valence-corrected chi connectivity index (χ0v) is 11.2. The van der Waals surface area contributed by atoms with E-state index in [4.69, 9.17) is 18.0 Å². The molecule has 0 radical (unpaired) electrons. The third-order valence-electron chi connectivity index (χ3n) is 2.65. The third kappa shape index (κ3) is 3.46. The molecular formula is C13H9F4N3S. The Balaban J connectivity index is 2.43. The van der Waals surface area contributed by atoms with Crippen LogP contribution in [0.4, 0.5) is 28.9 Å². The summed E-state index contributed by atoms with van der Waals surface area (Å²) in [5.41, 5.74) is 4.78. The molecule has 21 heavy (non-hydrogen) atoms. The van der Waals surface area contributed by atoms with E-state index in [1.165, 1.54) is 18.5 Å². The number of hydrogen-bond acceptors (Lipinski definition) is 3. The van der Waals surface area contributed by atoms with Crippen molar-refractivity contribution >= 4 is 28.6 Å². The highest BCUT2D eigenvalue weighted by atomic mass is 32.1. The second-order valence-corrected chi connectivity index (χ2v) is 4.54. The van der Waals surface area contributed by atoms with Crippen molar-refractivity contribution in [1.82, 2.24) is 4.98 Å². The summed E-state index contributed by atoms with van der Waals surface area (Å²) >= 11 is 4.82. The zero-order valence-electron chi connectivity index (χ0n) is 10.4. The average Bonchev–Trinajstić information content (AvgIpc) is 2.40. The molecule has 110 valence electrons. The Morgan fingerprint density at radius 2 is 1.90 bits per heavy atom. The first-order valence-corrected chi connectivity index (χ1v) is 6.07. The number of benzene rings is 1. The van der Waals surface area contributed by atoms with Crippen LogP contribution in [0.5, 0.6) is 0 Å². The van der Waals surface area contributed by atoms with E-state index in [1.54, 1.807) is 0 Å². The van der Waals surface area contributed by atoms with Crippen molar-refractivity contribution in [3.8, 4) is 0 Å². The number of nitrogens with one attached hydrogen (secondary N) is 1. The maximum atomic E-state index is 13.7. The monoisotopic (exact) mass is 315 g/mol. The highest BCUT2D eigenvalue weighted by molar-refractivity contribution is 7.80. The van der Waals surface area contributed by atoms with Crippen LogP contribution in [-0.4, -0.2) is 9.97 Å². The normalized spacial score (nSPS) is 11.2. The summed E-state index contributed by atoms with van der Waals surface area (Å²) in [6, 6.07) is 3.56. The lowest BCUT2D eigenvalue weighted by atomic mass is 10.1. The molecular weight excluding hydrogens is 306 g/mol. The first kappa shape index (κ1) is 15.2. The molecule has 0 bridgehead atoms. The molecule has 2 rings (SSSR count).